The number of hydrogen-bond acceptors (Lipinski definition) is 4. The third kappa shape index (κ3) is 4.83. The molecule has 1 heterocycles. The minimum atomic E-state index is -0.711. The highest BCUT2D eigenvalue weighted by molar-refractivity contribution is 6.30. The molecule has 1 aliphatic heterocycles. The summed E-state index contributed by atoms with van der Waals surface area (Å²) in [6.45, 7) is 2.14. The van der Waals surface area contributed by atoms with E-state index in [1.165, 1.54) is 0 Å². The van der Waals surface area contributed by atoms with E-state index in [2.05, 4.69) is 10.6 Å². The number of hydrogen-bond donors (Lipinski definition) is 3. The average molecular weight is 375 g/mol. The molecule has 1 aliphatic rings. The van der Waals surface area contributed by atoms with E-state index in [4.69, 9.17) is 17.3 Å². The van der Waals surface area contributed by atoms with Gasteiger partial charge in [0.1, 0.15) is 6.04 Å². The van der Waals surface area contributed by atoms with Crippen molar-refractivity contribution >= 4 is 47.5 Å². The van der Waals surface area contributed by atoms with Gasteiger partial charge in [-0.05, 0) is 37.6 Å². The second kappa shape index (κ2) is 8.86. The quantitative estimate of drug-likeness (QED) is 0.655. The van der Waals surface area contributed by atoms with Crippen molar-refractivity contribution in [2.24, 2.45) is 5.73 Å². The van der Waals surface area contributed by atoms with Crippen LogP contribution in [0.1, 0.15) is 19.8 Å². The Morgan fingerprint density at radius 2 is 2.00 bits per heavy atom. The molecular formula is C15H20Cl2N4O3. The lowest BCUT2D eigenvalue weighted by Gasteiger charge is -2.14. The molecule has 0 aromatic heterocycles. The SMILES string of the molecule is C[C@@H](CN)NC(=O)CCC1NC(=O)N(c2ccc(Cl)cc2)C1=O.Cl. The summed E-state index contributed by atoms with van der Waals surface area (Å²) in [5, 5.41) is 5.82. The molecule has 24 heavy (non-hydrogen) atoms. The van der Waals surface area contributed by atoms with Gasteiger partial charge in [-0.1, -0.05) is 11.6 Å². The first kappa shape index (κ1) is 20.2. The van der Waals surface area contributed by atoms with Gasteiger partial charge in [-0.15, -0.1) is 12.4 Å². The maximum Gasteiger partial charge on any atom is 0.329 e. The normalized spacial score (nSPS) is 18.0. The molecule has 0 spiro atoms. The molecular weight excluding hydrogens is 355 g/mol. The maximum absolute atomic E-state index is 12.4. The lowest BCUT2D eigenvalue weighted by atomic mass is 10.1. The first-order chi connectivity index (χ1) is 10.9. The molecule has 2 atom stereocenters. The van der Waals surface area contributed by atoms with Gasteiger partial charge in [0, 0.05) is 24.0 Å². The van der Waals surface area contributed by atoms with Crippen LogP contribution in [0.5, 0.6) is 0 Å². The molecule has 4 amide bonds. The van der Waals surface area contributed by atoms with Gasteiger partial charge < -0.3 is 16.4 Å². The summed E-state index contributed by atoms with van der Waals surface area (Å²) in [5.41, 5.74) is 5.88. The van der Waals surface area contributed by atoms with Crippen LogP contribution in [0.25, 0.3) is 0 Å². The van der Waals surface area contributed by atoms with Crippen molar-refractivity contribution in [1.29, 1.82) is 0 Å². The Hall–Kier alpha value is -1.83. The smallest absolute Gasteiger partial charge is 0.329 e. The topological polar surface area (TPSA) is 105 Å². The van der Waals surface area contributed by atoms with E-state index in [9.17, 15) is 14.4 Å². The molecule has 1 unspecified atom stereocenters. The van der Waals surface area contributed by atoms with Crippen molar-refractivity contribution in [3.8, 4) is 0 Å². The number of rotatable bonds is 6. The zero-order chi connectivity index (χ0) is 17.0. The maximum atomic E-state index is 12.4. The minimum absolute atomic E-state index is 0. The van der Waals surface area contributed by atoms with Crippen molar-refractivity contribution in [1.82, 2.24) is 10.6 Å². The van der Waals surface area contributed by atoms with Crippen LogP contribution in [0.3, 0.4) is 0 Å². The Morgan fingerprint density at radius 3 is 2.58 bits per heavy atom. The van der Waals surface area contributed by atoms with E-state index in [0.29, 0.717) is 17.3 Å². The van der Waals surface area contributed by atoms with Gasteiger partial charge in [0.25, 0.3) is 5.91 Å². The van der Waals surface area contributed by atoms with Crippen LogP contribution in [0.2, 0.25) is 5.02 Å². The Labute approximate surface area is 151 Å². The second-order valence-electron chi connectivity index (χ2n) is 5.40. The molecule has 132 valence electrons. The number of urea groups is 1. The lowest BCUT2D eigenvalue weighted by molar-refractivity contribution is -0.122. The number of amides is 4. The molecule has 1 aromatic carbocycles. The van der Waals surface area contributed by atoms with E-state index < -0.39 is 12.1 Å². The summed E-state index contributed by atoms with van der Waals surface area (Å²) in [7, 11) is 0. The van der Waals surface area contributed by atoms with Crippen LogP contribution in [0.4, 0.5) is 10.5 Å². The molecule has 2 rings (SSSR count). The minimum Gasteiger partial charge on any atom is -0.352 e. The number of carbonyl (C=O) groups excluding carboxylic acids is 3. The van der Waals surface area contributed by atoms with E-state index >= 15 is 0 Å². The molecule has 4 N–H and O–H groups in total. The van der Waals surface area contributed by atoms with E-state index in [0.717, 1.165) is 4.90 Å². The fourth-order valence-electron chi connectivity index (χ4n) is 2.24. The average Bonchev–Trinajstić information content (AvgIpc) is 2.80. The first-order valence-corrected chi connectivity index (χ1v) is 7.69. The predicted octanol–water partition coefficient (Wildman–Crippen LogP) is 1.43. The number of halogens is 2. The van der Waals surface area contributed by atoms with Gasteiger partial charge in [0.15, 0.2) is 0 Å². The highest BCUT2D eigenvalue weighted by atomic mass is 35.5. The van der Waals surface area contributed by atoms with E-state index in [1.54, 1.807) is 31.2 Å². The van der Waals surface area contributed by atoms with Crippen molar-refractivity contribution in [2.75, 3.05) is 11.4 Å². The van der Waals surface area contributed by atoms with Crippen LogP contribution in [0, 0.1) is 0 Å². The Morgan fingerprint density at radius 1 is 1.38 bits per heavy atom. The third-order valence-corrected chi connectivity index (χ3v) is 3.78. The molecule has 0 saturated carbocycles. The summed E-state index contributed by atoms with van der Waals surface area (Å²) in [6.07, 6.45) is 0.368. The van der Waals surface area contributed by atoms with Crippen molar-refractivity contribution in [3.05, 3.63) is 29.3 Å². The van der Waals surface area contributed by atoms with Crippen LogP contribution in [0.15, 0.2) is 24.3 Å². The number of benzene rings is 1. The molecule has 0 radical (unpaired) electrons. The monoisotopic (exact) mass is 374 g/mol. The fourth-order valence-corrected chi connectivity index (χ4v) is 2.37. The molecule has 0 aliphatic carbocycles. The third-order valence-electron chi connectivity index (χ3n) is 3.53. The number of anilines is 1. The van der Waals surface area contributed by atoms with E-state index in [1.807, 2.05) is 0 Å². The number of nitrogens with two attached hydrogens (primary N) is 1. The van der Waals surface area contributed by atoms with Crippen LogP contribution < -0.4 is 21.3 Å². The number of nitrogens with zero attached hydrogens (tertiary/aromatic N) is 1. The molecule has 1 aromatic rings. The van der Waals surface area contributed by atoms with Gasteiger partial charge in [-0.25, -0.2) is 9.69 Å². The molecule has 7 nitrogen and oxygen atoms in total. The standard InChI is InChI=1S/C15H19ClN4O3.ClH/c1-9(8-17)18-13(21)7-6-12-14(22)20(15(23)19-12)11-4-2-10(16)3-5-11;/h2-5,9,12H,6-8,17H2,1H3,(H,18,21)(H,19,23);1H/t9-,12?;/m0./s1. The highest BCUT2D eigenvalue weighted by Gasteiger charge is 2.38. The molecule has 0 bridgehead atoms. The van der Waals surface area contributed by atoms with Gasteiger partial charge >= 0.3 is 6.03 Å². The number of carbonyl (C=O) groups is 3. The fraction of sp³-hybridized carbons (Fsp3) is 0.400. The van der Waals surface area contributed by atoms with Gasteiger partial charge in [0.05, 0.1) is 5.69 Å². The van der Waals surface area contributed by atoms with Gasteiger partial charge in [0.2, 0.25) is 5.91 Å². The molecule has 1 saturated heterocycles. The van der Waals surface area contributed by atoms with Crippen LogP contribution >= 0.6 is 24.0 Å². The summed E-state index contributed by atoms with van der Waals surface area (Å²) in [5.74, 6) is -0.577. The predicted molar refractivity (Wildman–Crippen MR) is 94.4 cm³/mol. The van der Waals surface area contributed by atoms with Gasteiger partial charge in [-0.2, -0.15) is 0 Å². The van der Waals surface area contributed by atoms with Crippen molar-refractivity contribution in [2.45, 2.75) is 31.8 Å². The van der Waals surface area contributed by atoms with Crippen LogP contribution in [-0.4, -0.2) is 36.5 Å². The zero-order valence-electron chi connectivity index (χ0n) is 13.1. The zero-order valence-corrected chi connectivity index (χ0v) is 14.7. The van der Waals surface area contributed by atoms with Gasteiger partial charge in [-0.3, -0.25) is 9.59 Å². The highest BCUT2D eigenvalue weighted by Crippen LogP contribution is 2.23. The van der Waals surface area contributed by atoms with Crippen molar-refractivity contribution in [3.63, 3.8) is 0 Å². The number of nitrogens with one attached hydrogen (secondary N) is 2. The Bertz CT molecular complexity index is 609. The summed E-state index contributed by atoms with van der Waals surface area (Å²) >= 11 is 5.80. The van der Waals surface area contributed by atoms with Crippen molar-refractivity contribution < 1.29 is 14.4 Å². The second-order valence-corrected chi connectivity index (χ2v) is 5.83. The number of imide groups is 1. The Kier molecular flexibility index (Phi) is 7.47. The summed E-state index contributed by atoms with van der Waals surface area (Å²) < 4.78 is 0. The summed E-state index contributed by atoms with van der Waals surface area (Å²) in [6, 6.07) is 5.06. The van der Waals surface area contributed by atoms with E-state index in [-0.39, 0.29) is 43.1 Å². The largest absolute Gasteiger partial charge is 0.352 e. The summed E-state index contributed by atoms with van der Waals surface area (Å²) in [4.78, 5) is 37.1. The Balaban J connectivity index is 0.00000288. The van der Waals surface area contributed by atoms with Crippen LogP contribution in [-0.2, 0) is 9.59 Å². The lowest BCUT2D eigenvalue weighted by Crippen LogP contribution is -2.39. The molecule has 1 fully saturated rings. The molecule has 9 heteroatoms. The first-order valence-electron chi connectivity index (χ1n) is 7.32.